The lowest BCUT2D eigenvalue weighted by molar-refractivity contribution is -0.0498. The molecule has 8 heteroatoms. The number of anilines is 1. The van der Waals surface area contributed by atoms with E-state index in [2.05, 4.69) is 17.0 Å². The zero-order valence-corrected chi connectivity index (χ0v) is 14.9. The molecule has 0 aliphatic heterocycles. The minimum absolute atomic E-state index is 0.0325. The molecule has 3 rings (SSSR count). The molecule has 1 aromatic carbocycles. The molecule has 1 aromatic heterocycles. The zero-order chi connectivity index (χ0) is 18.8. The maximum atomic E-state index is 12.5. The molecule has 1 heterocycles. The molecule has 138 valence electrons. The summed E-state index contributed by atoms with van der Waals surface area (Å²) in [4.78, 5) is 25.4. The van der Waals surface area contributed by atoms with Gasteiger partial charge in [0.05, 0.1) is 5.56 Å². The molecule has 3 N–H and O–H groups in total. The number of halogens is 2. The van der Waals surface area contributed by atoms with Crippen LogP contribution in [0, 0.1) is 5.92 Å². The van der Waals surface area contributed by atoms with E-state index in [1.54, 1.807) is 0 Å². The van der Waals surface area contributed by atoms with Gasteiger partial charge in [-0.05, 0) is 55.0 Å². The molecule has 26 heavy (non-hydrogen) atoms. The summed E-state index contributed by atoms with van der Waals surface area (Å²) >= 11 is 1.37. The SMILES string of the molecule is C[C@H]1CCc2c(sc(NC(=O)c3ccc(OC(F)F)cc3)c2C(N)=O)C1. The molecule has 0 unspecified atom stereocenters. The lowest BCUT2D eigenvalue weighted by atomic mass is 9.88. The highest BCUT2D eigenvalue weighted by molar-refractivity contribution is 7.17. The Balaban J connectivity index is 1.82. The fraction of sp³-hybridized carbons (Fsp3) is 0.333. The highest BCUT2D eigenvalue weighted by atomic mass is 32.1. The van der Waals surface area contributed by atoms with Gasteiger partial charge in [-0.1, -0.05) is 6.92 Å². The largest absolute Gasteiger partial charge is 0.435 e. The van der Waals surface area contributed by atoms with E-state index in [1.807, 2.05) is 0 Å². The molecule has 0 saturated carbocycles. The van der Waals surface area contributed by atoms with E-state index in [0.717, 1.165) is 29.7 Å². The Labute approximate surface area is 153 Å². The smallest absolute Gasteiger partial charge is 0.387 e. The molecule has 1 aliphatic carbocycles. The Morgan fingerprint density at radius 3 is 2.62 bits per heavy atom. The highest BCUT2D eigenvalue weighted by Gasteiger charge is 2.27. The molecule has 2 aromatic rings. The van der Waals surface area contributed by atoms with Crippen molar-refractivity contribution in [2.75, 3.05) is 5.32 Å². The molecule has 1 aliphatic rings. The van der Waals surface area contributed by atoms with Crippen LogP contribution in [0.5, 0.6) is 5.75 Å². The first-order valence-electron chi connectivity index (χ1n) is 8.15. The lowest BCUT2D eigenvalue weighted by Gasteiger charge is -2.18. The van der Waals surface area contributed by atoms with E-state index in [0.29, 0.717) is 16.5 Å². The van der Waals surface area contributed by atoms with Crippen LogP contribution in [0.4, 0.5) is 13.8 Å². The van der Waals surface area contributed by atoms with Gasteiger partial charge in [-0.15, -0.1) is 11.3 Å². The van der Waals surface area contributed by atoms with E-state index < -0.39 is 18.4 Å². The van der Waals surface area contributed by atoms with Crippen molar-refractivity contribution < 1.29 is 23.1 Å². The third kappa shape index (κ3) is 3.85. The van der Waals surface area contributed by atoms with Gasteiger partial charge >= 0.3 is 6.61 Å². The predicted octanol–water partition coefficient (Wildman–Crippen LogP) is 3.83. The molecule has 0 radical (unpaired) electrons. The van der Waals surface area contributed by atoms with Crippen LogP contribution in [-0.2, 0) is 12.8 Å². The molecule has 0 bridgehead atoms. The van der Waals surface area contributed by atoms with Crippen LogP contribution in [0.3, 0.4) is 0 Å². The van der Waals surface area contributed by atoms with E-state index in [-0.39, 0.29) is 11.3 Å². The topological polar surface area (TPSA) is 81.4 Å². The van der Waals surface area contributed by atoms with Gasteiger partial charge < -0.3 is 15.8 Å². The van der Waals surface area contributed by atoms with Crippen LogP contribution in [0.25, 0.3) is 0 Å². The third-order valence-electron chi connectivity index (χ3n) is 4.33. The number of carbonyl (C=O) groups excluding carboxylic acids is 2. The quantitative estimate of drug-likeness (QED) is 0.827. The number of nitrogens with two attached hydrogens (primary N) is 1. The van der Waals surface area contributed by atoms with Crippen molar-refractivity contribution in [2.45, 2.75) is 32.8 Å². The summed E-state index contributed by atoms with van der Waals surface area (Å²) in [5.41, 5.74) is 7.10. The molecule has 0 saturated heterocycles. The number of hydrogen-bond donors (Lipinski definition) is 2. The third-order valence-corrected chi connectivity index (χ3v) is 5.50. The number of hydrogen-bond acceptors (Lipinski definition) is 4. The van der Waals surface area contributed by atoms with E-state index in [4.69, 9.17) is 5.73 Å². The van der Waals surface area contributed by atoms with Crippen molar-refractivity contribution in [1.82, 2.24) is 0 Å². The minimum atomic E-state index is -2.92. The first kappa shape index (κ1) is 18.3. The van der Waals surface area contributed by atoms with Crippen molar-refractivity contribution in [3.63, 3.8) is 0 Å². The van der Waals surface area contributed by atoms with Gasteiger partial charge in [0.15, 0.2) is 0 Å². The molecule has 0 fully saturated rings. The number of primary amides is 1. The van der Waals surface area contributed by atoms with Crippen molar-refractivity contribution in [1.29, 1.82) is 0 Å². The van der Waals surface area contributed by atoms with Crippen LogP contribution in [-0.4, -0.2) is 18.4 Å². The number of nitrogens with one attached hydrogen (secondary N) is 1. The van der Waals surface area contributed by atoms with Gasteiger partial charge in [-0.25, -0.2) is 0 Å². The Bertz CT molecular complexity index is 834. The molecule has 2 amide bonds. The second-order valence-electron chi connectivity index (χ2n) is 6.28. The van der Waals surface area contributed by atoms with E-state index in [9.17, 15) is 18.4 Å². The van der Waals surface area contributed by atoms with Crippen LogP contribution < -0.4 is 15.8 Å². The Morgan fingerprint density at radius 2 is 2.00 bits per heavy atom. The maximum Gasteiger partial charge on any atom is 0.387 e. The summed E-state index contributed by atoms with van der Waals surface area (Å²) in [6.45, 7) is -0.777. The summed E-state index contributed by atoms with van der Waals surface area (Å²) in [5.74, 6) is -0.515. The first-order valence-corrected chi connectivity index (χ1v) is 8.97. The normalized spacial score (nSPS) is 16.2. The van der Waals surface area contributed by atoms with Crippen molar-refractivity contribution in [3.8, 4) is 5.75 Å². The first-order chi connectivity index (χ1) is 12.3. The number of carbonyl (C=O) groups is 2. The summed E-state index contributed by atoms with van der Waals surface area (Å²) in [6.07, 6.45) is 2.60. The molecular weight excluding hydrogens is 362 g/mol. The average Bonchev–Trinajstić information content (AvgIpc) is 2.91. The second-order valence-corrected chi connectivity index (χ2v) is 7.38. The van der Waals surface area contributed by atoms with Gasteiger partial charge in [0.1, 0.15) is 10.8 Å². The zero-order valence-electron chi connectivity index (χ0n) is 14.1. The number of alkyl halides is 2. The van der Waals surface area contributed by atoms with Crippen molar-refractivity contribution >= 4 is 28.2 Å². The molecule has 0 spiro atoms. The second kappa shape index (κ2) is 7.41. The number of benzene rings is 1. The predicted molar refractivity (Wildman–Crippen MR) is 95.1 cm³/mol. The van der Waals surface area contributed by atoms with Crippen LogP contribution in [0.1, 0.15) is 44.5 Å². The minimum Gasteiger partial charge on any atom is -0.435 e. The van der Waals surface area contributed by atoms with Crippen molar-refractivity contribution in [2.24, 2.45) is 11.7 Å². The lowest BCUT2D eigenvalue weighted by Crippen LogP contribution is -2.19. The van der Waals surface area contributed by atoms with Crippen LogP contribution in [0.15, 0.2) is 24.3 Å². The Hall–Kier alpha value is -2.48. The maximum absolute atomic E-state index is 12.5. The summed E-state index contributed by atoms with van der Waals surface area (Å²) < 4.78 is 28.6. The summed E-state index contributed by atoms with van der Waals surface area (Å²) in [6, 6.07) is 5.34. The molecule has 5 nitrogen and oxygen atoms in total. The van der Waals surface area contributed by atoms with Gasteiger partial charge in [0, 0.05) is 10.4 Å². The fourth-order valence-electron chi connectivity index (χ4n) is 3.06. The summed E-state index contributed by atoms with van der Waals surface area (Å²) in [7, 11) is 0. The number of thiophene rings is 1. The number of ether oxygens (including phenoxy) is 1. The van der Waals surface area contributed by atoms with Gasteiger partial charge in [-0.3, -0.25) is 9.59 Å². The average molecular weight is 380 g/mol. The number of rotatable bonds is 5. The molecule has 1 atom stereocenters. The number of fused-ring (bicyclic) bond motifs is 1. The van der Waals surface area contributed by atoms with Gasteiger partial charge in [0.2, 0.25) is 0 Å². The van der Waals surface area contributed by atoms with Gasteiger partial charge in [0.25, 0.3) is 11.8 Å². The number of amides is 2. The fourth-order valence-corrected chi connectivity index (χ4v) is 4.47. The van der Waals surface area contributed by atoms with Crippen molar-refractivity contribution in [3.05, 3.63) is 45.8 Å². The van der Waals surface area contributed by atoms with Crippen LogP contribution >= 0.6 is 11.3 Å². The van der Waals surface area contributed by atoms with Crippen LogP contribution in [0.2, 0.25) is 0 Å². The Kier molecular flexibility index (Phi) is 5.22. The summed E-state index contributed by atoms with van der Waals surface area (Å²) in [5, 5.41) is 3.17. The molecular formula is C18H18F2N2O3S. The Morgan fingerprint density at radius 1 is 1.31 bits per heavy atom. The van der Waals surface area contributed by atoms with E-state index in [1.165, 1.54) is 35.6 Å². The monoisotopic (exact) mass is 380 g/mol. The van der Waals surface area contributed by atoms with E-state index >= 15 is 0 Å². The standard InChI is InChI=1S/C18H18F2N2O3S/c1-9-2-7-12-13(8-9)26-17(14(12)15(21)23)22-16(24)10-3-5-11(6-4-10)25-18(19)20/h3-6,9,18H,2,7-8H2,1H3,(H2,21,23)(H,22,24)/t9-/m0/s1. The van der Waals surface area contributed by atoms with Gasteiger partial charge in [-0.2, -0.15) is 8.78 Å². The highest BCUT2D eigenvalue weighted by Crippen LogP contribution is 2.39.